The molecule has 0 saturated heterocycles. The number of allylic oxidation sites excluding steroid dienone is 5. The minimum Gasteiger partial charge on any atom is -0.506 e. The van der Waals surface area contributed by atoms with Gasteiger partial charge in [-0.3, -0.25) is 4.79 Å². The molecule has 5 nitrogen and oxygen atoms in total. The van der Waals surface area contributed by atoms with E-state index in [4.69, 9.17) is 4.74 Å². The van der Waals surface area contributed by atoms with Gasteiger partial charge in [0.25, 0.3) is 0 Å². The van der Waals surface area contributed by atoms with Gasteiger partial charge >= 0.3 is 6.18 Å². The van der Waals surface area contributed by atoms with Gasteiger partial charge in [-0.2, -0.15) is 17.7 Å². The van der Waals surface area contributed by atoms with Crippen LogP contribution in [0.25, 0.3) is 0 Å². The van der Waals surface area contributed by atoms with E-state index in [0.717, 1.165) is 48.2 Å². The molecule has 0 unspecified atom stereocenters. The molecule has 0 amide bonds. The molecule has 2 heterocycles. The van der Waals surface area contributed by atoms with Gasteiger partial charge in [-0.1, -0.05) is 41.5 Å². The first-order valence-electron chi connectivity index (χ1n) is 16.1. The number of fused-ring (bicyclic) bond motifs is 2. The molecule has 0 spiro atoms. The number of nitrogens with zero attached hydrogens (tertiary/aromatic N) is 2. The first kappa shape index (κ1) is 33.6. The fraction of sp³-hybridized carbons (Fsp3) is 0.474. The summed E-state index contributed by atoms with van der Waals surface area (Å²) in [6, 6.07) is 9.89. The van der Waals surface area contributed by atoms with Gasteiger partial charge in [0.15, 0.2) is 5.71 Å². The Morgan fingerprint density at radius 1 is 0.935 bits per heavy atom. The van der Waals surface area contributed by atoms with Crippen molar-refractivity contribution < 1.29 is 32.4 Å². The molecule has 0 bridgehead atoms. The molecule has 0 aromatic heterocycles. The molecular formula is C38H46F3N2O3+. The number of benzene rings is 2. The van der Waals surface area contributed by atoms with Gasteiger partial charge < -0.3 is 14.7 Å². The van der Waals surface area contributed by atoms with Crippen molar-refractivity contribution in [3.05, 3.63) is 87.8 Å². The van der Waals surface area contributed by atoms with Crippen LogP contribution < -0.4 is 9.64 Å². The number of Topliss-reactive ketones (excluding diaryl/α,β-unsaturated/α-hetero) is 1. The highest BCUT2D eigenvalue weighted by atomic mass is 19.4. The number of aliphatic hydroxyl groups excluding tert-OH is 1. The summed E-state index contributed by atoms with van der Waals surface area (Å²) in [5.74, 6) is 1.22. The Hall–Kier alpha value is -3.81. The highest BCUT2D eigenvalue weighted by molar-refractivity contribution is 6.24. The molecule has 1 aliphatic carbocycles. The minimum absolute atomic E-state index is 0.0929. The van der Waals surface area contributed by atoms with Crippen molar-refractivity contribution >= 4 is 22.9 Å². The SMILES string of the molecule is COc1ccc2c(c1)C(C)(C)/C(=C/C1=C(O)C(=C\C3=[N+](CCC(C)C)c4ccc(C(F)(F)F)cc4C3(C)C)/C1=O)N2CCC(C)C. The Morgan fingerprint density at radius 2 is 1.61 bits per heavy atom. The number of methoxy groups -OCH3 is 1. The van der Waals surface area contributed by atoms with Gasteiger partial charge in [-0.15, -0.1) is 0 Å². The molecule has 0 atom stereocenters. The number of halogens is 3. The van der Waals surface area contributed by atoms with Gasteiger partial charge in [-0.05, 0) is 74.1 Å². The Morgan fingerprint density at radius 3 is 2.20 bits per heavy atom. The number of alkyl halides is 3. The van der Waals surface area contributed by atoms with Gasteiger partial charge in [0.2, 0.25) is 11.5 Å². The number of carbonyl (C=O) groups is 1. The predicted octanol–water partition coefficient (Wildman–Crippen LogP) is 9.19. The first-order valence-corrected chi connectivity index (χ1v) is 16.1. The van der Waals surface area contributed by atoms with Crippen LogP contribution in [0.4, 0.5) is 24.5 Å². The Bertz CT molecular complexity index is 1700. The number of ketones is 1. The second kappa shape index (κ2) is 11.8. The second-order valence-electron chi connectivity index (χ2n) is 14.6. The van der Waals surface area contributed by atoms with Crippen molar-refractivity contribution in [1.29, 1.82) is 0 Å². The molecule has 0 radical (unpaired) electrons. The average Bonchev–Trinajstić information content (AvgIpc) is 3.32. The van der Waals surface area contributed by atoms with Crippen LogP contribution in [0.3, 0.4) is 0 Å². The second-order valence-corrected chi connectivity index (χ2v) is 14.6. The molecule has 0 fully saturated rings. The van der Waals surface area contributed by atoms with Crippen molar-refractivity contribution in [2.24, 2.45) is 11.8 Å². The lowest BCUT2D eigenvalue weighted by molar-refractivity contribution is -0.439. The molecule has 246 valence electrons. The highest BCUT2D eigenvalue weighted by Crippen LogP contribution is 2.50. The van der Waals surface area contributed by atoms with Crippen LogP contribution in [-0.2, 0) is 21.8 Å². The van der Waals surface area contributed by atoms with Crippen LogP contribution in [-0.4, -0.2) is 41.4 Å². The maximum atomic E-state index is 13.8. The quantitative estimate of drug-likeness (QED) is 0.221. The van der Waals surface area contributed by atoms with E-state index in [0.29, 0.717) is 35.3 Å². The topological polar surface area (TPSA) is 52.8 Å². The third-order valence-electron chi connectivity index (χ3n) is 9.74. The number of anilines is 1. The molecule has 2 aromatic carbocycles. The standard InChI is InChI=1S/C38H45F3N2O3/c1-22(2)14-16-42-30-12-10-24(38(39,40)41)18-28(30)36(5,6)32(42)20-26-34(44)27(35(26)45)21-33-37(7,8)29-19-25(46-9)11-13-31(29)43(33)17-15-23(3)4/h10-13,18-23H,14-17H2,1-9H3/p+1. The van der Waals surface area contributed by atoms with Crippen LogP contribution in [0, 0.1) is 11.8 Å². The predicted molar refractivity (Wildman–Crippen MR) is 177 cm³/mol. The Balaban J connectivity index is 1.59. The number of hydrogen-bond acceptors (Lipinski definition) is 4. The summed E-state index contributed by atoms with van der Waals surface area (Å²) in [5, 5.41) is 11.4. The van der Waals surface area contributed by atoms with Crippen LogP contribution >= 0.6 is 0 Å². The van der Waals surface area contributed by atoms with E-state index in [-0.39, 0.29) is 22.7 Å². The van der Waals surface area contributed by atoms with Gasteiger partial charge in [0, 0.05) is 47.5 Å². The Kier molecular flexibility index (Phi) is 8.58. The number of aliphatic hydroxyl groups is 1. The maximum absolute atomic E-state index is 13.8. The number of hydrogen-bond donors (Lipinski definition) is 1. The molecule has 1 N–H and O–H groups in total. The average molecular weight is 636 g/mol. The normalized spacial score (nSPS) is 20.4. The summed E-state index contributed by atoms with van der Waals surface area (Å²) in [5.41, 5.74) is 3.45. The minimum atomic E-state index is -4.47. The summed E-state index contributed by atoms with van der Waals surface area (Å²) in [6.07, 6.45) is 0.781. The molecule has 2 aromatic rings. The molecule has 0 saturated carbocycles. The van der Waals surface area contributed by atoms with Crippen molar-refractivity contribution in [3.8, 4) is 5.75 Å². The Labute approximate surface area is 270 Å². The zero-order valence-electron chi connectivity index (χ0n) is 28.4. The fourth-order valence-corrected chi connectivity index (χ4v) is 6.79. The van der Waals surface area contributed by atoms with E-state index < -0.39 is 22.6 Å². The molecular weight excluding hydrogens is 589 g/mol. The van der Waals surface area contributed by atoms with E-state index in [1.54, 1.807) is 13.2 Å². The third kappa shape index (κ3) is 5.69. The zero-order valence-corrected chi connectivity index (χ0v) is 28.4. The lowest BCUT2D eigenvalue weighted by Crippen LogP contribution is -2.32. The van der Waals surface area contributed by atoms with E-state index in [1.807, 2.05) is 42.7 Å². The summed E-state index contributed by atoms with van der Waals surface area (Å²) < 4.78 is 48.6. The van der Waals surface area contributed by atoms with Crippen LogP contribution in [0.1, 0.15) is 84.9 Å². The molecule has 5 rings (SSSR count). The lowest BCUT2D eigenvalue weighted by atomic mass is 9.77. The monoisotopic (exact) mass is 635 g/mol. The number of carbonyl (C=O) groups excluding carboxylic acids is 1. The lowest BCUT2D eigenvalue weighted by Gasteiger charge is -2.29. The fourth-order valence-electron chi connectivity index (χ4n) is 6.79. The summed E-state index contributed by atoms with van der Waals surface area (Å²) in [6.45, 7) is 17.9. The van der Waals surface area contributed by atoms with E-state index >= 15 is 0 Å². The summed E-state index contributed by atoms with van der Waals surface area (Å²) in [7, 11) is 1.64. The molecule has 8 heteroatoms. The van der Waals surface area contributed by atoms with Gasteiger partial charge in [0.1, 0.15) is 18.1 Å². The van der Waals surface area contributed by atoms with Crippen molar-refractivity contribution in [2.75, 3.05) is 25.1 Å². The van der Waals surface area contributed by atoms with Crippen LogP contribution in [0.2, 0.25) is 0 Å². The highest BCUT2D eigenvalue weighted by Gasteiger charge is 2.48. The summed E-state index contributed by atoms with van der Waals surface area (Å²) in [4.78, 5) is 16.0. The van der Waals surface area contributed by atoms with E-state index in [1.165, 1.54) is 12.1 Å². The number of rotatable bonds is 9. The van der Waals surface area contributed by atoms with Crippen molar-refractivity contribution in [3.63, 3.8) is 0 Å². The zero-order chi connectivity index (χ0) is 33.9. The number of ether oxygens (including phenoxy) is 1. The third-order valence-corrected chi connectivity index (χ3v) is 9.74. The van der Waals surface area contributed by atoms with Gasteiger partial charge in [0.05, 0.1) is 29.2 Å². The molecule has 46 heavy (non-hydrogen) atoms. The van der Waals surface area contributed by atoms with E-state index in [2.05, 4.69) is 46.4 Å². The molecule has 3 aliphatic rings. The largest absolute Gasteiger partial charge is 0.506 e. The van der Waals surface area contributed by atoms with Crippen LogP contribution in [0.5, 0.6) is 5.75 Å². The maximum Gasteiger partial charge on any atom is 0.416 e. The molecule has 2 aliphatic heterocycles. The smallest absolute Gasteiger partial charge is 0.416 e. The first-order chi connectivity index (χ1) is 21.4. The van der Waals surface area contributed by atoms with Crippen LogP contribution in [0.15, 0.2) is 71.2 Å². The van der Waals surface area contributed by atoms with E-state index in [9.17, 15) is 23.1 Å². The van der Waals surface area contributed by atoms with Crippen molar-refractivity contribution in [2.45, 2.75) is 85.2 Å². The summed E-state index contributed by atoms with van der Waals surface area (Å²) >= 11 is 0. The van der Waals surface area contributed by atoms with Gasteiger partial charge in [-0.25, -0.2) is 0 Å². The van der Waals surface area contributed by atoms with Crippen molar-refractivity contribution in [1.82, 2.24) is 0 Å².